The maximum absolute atomic E-state index is 6.12. The fourth-order valence-corrected chi connectivity index (χ4v) is 8.37. The summed E-state index contributed by atoms with van der Waals surface area (Å²) in [6.07, 6.45) is 0. The largest absolute Gasteiger partial charge is 0.456 e. The smallest absolute Gasteiger partial charge is 0.135 e. The van der Waals surface area contributed by atoms with Crippen molar-refractivity contribution in [2.24, 2.45) is 0 Å². The number of benzene rings is 10. The van der Waals surface area contributed by atoms with Gasteiger partial charge in [-0.3, -0.25) is 0 Å². The molecule has 0 unspecified atom stereocenters. The maximum Gasteiger partial charge on any atom is 0.135 e. The average Bonchev–Trinajstić information content (AvgIpc) is 3.62. The molecule has 2 nitrogen and oxygen atoms in total. The molecule has 10 aromatic carbocycles. The van der Waals surface area contributed by atoms with E-state index >= 15 is 0 Å². The van der Waals surface area contributed by atoms with E-state index in [0.717, 1.165) is 50.1 Å². The summed E-state index contributed by atoms with van der Waals surface area (Å²) in [7, 11) is 0. The lowest BCUT2D eigenvalue weighted by Gasteiger charge is -2.26. The third kappa shape index (κ3) is 4.96. The second-order valence-electron chi connectivity index (χ2n) is 14.1. The van der Waals surface area contributed by atoms with Crippen LogP contribution >= 0.6 is 0 Å². The van der Waals surface area contributed by atoms with Crippen molar-refractivity contribution in [2.45, 2.75) is 0 Å². The summed E-state index contributed by atoms with van der Waals surface area (Å²) in [6.45, 7) is 0. The molecule has 252 valence electrons. The van der Waals surface area contributed by atoms with Gasteiger partial charge in [-0.15, -0.1) is 0 Å². The van der Waals surface area contributed by atoms with Gasteiger partial charge in [0.15, 0.2) is 0 Å². The second kappa shape index (κ2) is 12.2. The van der Waals surface area contributed by atoms with Crippen LogP contribution in [0.2, 0.25) is 0 Å². The predicted molar refractivity (Wildman–Crippen MR) is 229 cm³/mol. The highest BCUT2D eigenvalue weighted by Gasteiger charge is 2.16. The number of anilines is 3. The minimum absolute atomic E-state index is 0.909. The van der Waals surface area contributed by atoms with E-state index in [1.54, 1.807) is 0 Å². The van der Waals surface area contributed by atoms with Crippen LogP contribution in [0.5, 0.6) is 0 Å². The summed E-state index contributed by atoms with van der Waals surface area (Å²) in [4.78, 5) is 2.37. The summed E-state index contributed by atoms with van der Waals surface area (Å²) in [5, 5.41) is 12.3. The standard InChI is InChI=1S/C52H33NO/c1-3-10-43-36(9-1)23-30-47-44(13-7-14-46(43)47)37-20-27-41(28-21-37)53(42-29-22-38-17-16-35-8-2-4-11-45(35)49(38)33-42)40-25-18-34(19-26-40)39-24-31-52-50(32-39)48-12-5-6-15-51(48)54-52/h1-33H. The molecule has 0 saturated carbocycles. The van der Waals surface area contributed by atoms with Gasteiger partial charge in [0.1, 0.15) is 11.2 Å². The van der Waals surface area contributed by atoms with Crippen LogP contribution in [0.4, 0.5) is 17.1 Å². The number of hydrogen-bond acceptors (Lipinski definition) is 2. The second-order valence-corrected chi connectivity index (χ2v) is 14.1. The van der Waals surface area contributed by atoms with Crippen LogP contribution in [0.3, 0.4) is 0 Å². The lowest BCUT2D eigenvalue weighted by molar-refractivity contribution is 0.669. The summed E-state index contributed by atoms with van der Waals surface area (Å²) >= 11 is 0. The lowest BCUT2D eigenvalue weighted by Crippen LogP contribution is -2.09. The highest BCUT2D eigenvalue weighted by atomic mass is 16.3. The molecule has 11 aromatic rings. The molecular weight excluding hydrogens is 655 g/mol. The van der Waals surface area contributed by atoms with Crippen molar-refractivity contribution in [1.82, 2.24) is 0 Å². The van der Waals surface area contributed by atoms with Gasteiger partial charge < -0.3 is 9.32 Å². The average molecular weight is 688 g/mol. The highest BCUT2D eigenvalue weighted by molar-refractivity contribution is 6.12. The van der Waals surface area contributed by atoms with E-state index in [1.165, 1.54) is 54.2 Å². The predicted octanol–water partition coefficient (Wildman–Crippen LogP) is 15.0. The first-order valence-corrected chi connectivity index (χ1v) is 18.5. The number of rotatable bonds is 5. The molecule has 0 aliphatic rings. The summed E-state index contributed by atoms with van der Waals surface area (Å²) in [6, 6.07) is 72.5. The Morgan fingerprint density at radius 1 is 0.278 bits per heavy atom. The summed E-state index contributed by atoms with van der Waals surface area (Å²) in [5.74, 6) is 0. The van der Waals surface area contributed by atoms with Crippen molar-refractivity contribution in [2.75, 3.05) is 4.90 Å². The number of hydrogen-bond donors (Lipinski definition) is 0. The molecule has 1 aromatic heterocycles. The Kier molecular flexibility index (Phi) is 6.90. The van der Waals surface area contributed by atoms with Crippen LogP contribution in [-0.2, 0) is 0 Å². The first-order chi connectivity index (χ1) is 26.7. The topological polar surface area (TPSA) is 16.4 Å². The van der Waals surface area contributed by atoms with E-state index < -0.39 is 0 Å². The highest BCUT2D eigenvalue weighted by Crippen LogP contribution is 2.41. The monoisotopic (exact) mass is 687 g/mol. The Hall–Kier alpha value is -7.16. The van der Waals surface area contributed by atoms with Gasteiger partial charge >= 0.3 is 0 Å². The number of nitrogens with zero attached hydrogens (tertiary/aromatic N) is 1. The lowest BCUT2D eigenvalue weighted by atomic mass is 9.94. The van der Waals surface area contributed by atoms with Gasteiger partial charge in [0.25, 0.3) is 0 Å². The molecular formula is C52H33NO. The summed E-state index contributed by atoms with van der Waals surface area (Å²) in [5.41, 5.74) is 9.89. The van der Waals surface area contributed by atoms with Gasteiger partial charge in [-0.25, -0.2) is 0 Å². The van der Waals surface area contributed by atoms with E-state index in [-0.39, 0.29) is 0 Å². The van der Waals surface area contributed by atoms with Gasteiger partial charge in [-0.1, -0.05) is 146 Å². The van der Waals surface area contributed by atoms with Gasteiger partial charge in [-0.05, 0) is 120 Å². The minimum Gasteiger partial charge on any atom is -0.456 e. The molecule has 0 aliphatic heterocycles. The Morgan fingerprint density at radius 3 is 1.57 bits per heavy atom. The van der Waals surface area contributed by atoms with Crippen molar-refractivity contribution in [3.05, 3.63) is 200 Å². The molecule has 11 rings (SSSR count). The van der Waals surface area contributed by atoms with Gasteiger partial charge in [0.2, 0.25) is 0 Å². The molecule has 0 amide bonds. The number of fused-ring (bicyclic) bond motifs is 9. The van der Waals surface area contributed by atoms with Crippen molar-refractivity contribution in [1.29, 1.82) is 0 Å². The molecule has 0 bridgehead atoms. The fraction of sp³-hybridized carbons (Fsp3) is 0. The molecule has 2 heteroatoms. The molecule has 0 atom stereocenters. The fourth-order valence-electron chi connectivity index (χ4n) is 8.37. The first-order valence-electron chi connectivity index (χ1n) is 18.5. The third-order valence-electron chi connectivity index (χ3n) is 11.0. The van der Waals surface area contributed by atoms with Crippen LogP contribution < -0.4 is 4.90 Å². The van der Waals surface area contributed by atoms with Crippen molar-refractivity contribution < 1.29 is 4.42 Å². The molecule has 0 fully saturated rings. The molecule has 0 N–H and O–H groups in total. The molecule has 1 heterocycles. The minimum atomic E-state index is 0.909. The van der Waals surface area contributed by atoms with Gasteiger partial charge in [-0.2, -0.15) is 0 Å². The van der Waals surface area contributed by atoms with E-state index in [4.69, 9.17) is 4.42 Å². The Labute approximate surface area is 312 Å². The van der Waals surface area contributed by atoms with E-state index in [2.05, 4.69) is 193 Å². The van der Waals surface area contributed by atoms with E-state index in [9.17, 15) is 0 Å². The Morgan fingerprint density at radius 2 is 0.815 bits per heavy atom. The first kappa shape index (κ1) is 30.5. The Balaban J connectivity index is 1.03. The van der Waals surface area contributed by atoms with E-state index in [1.807, 2.05) is 12.1 Å². The van der Waals surface area contributed by atoms with Gasteiger partial charge in [0.05, 0.1) is 0 Å². The number of para-hydroxylation sites is 1. The van der Waals surface area contributed by atoms with Crippen molar-refractivity contribution in [3.63, 3.8) is 0 Å². The Bertz CT molecular complexity index is 3210. The van der Waals surface area contributed by atoms with Crippen LogP contribution in [0, 0.1) is 0 Å². The normalized spacial score (nSPS) is 11.7. The van der Waals surface area contributed by atoms with Crippen molar-refractivity contribution in [3.8, 4) is 22.3 Å². The van der Waals surface area contributed by atoms with Crippen LogP contribution in [0.25, 0.3) is 87.3 Å². The molecule has 0 radical (unpaired) electrons. The number of furan rings is 1. The molecule has 0 saturated heterocycles. The van der Waals surface area contributed by atoms with Crippen LogP contribution in [0.15, 0.2) is 205 Å². The zero-order valence-corrected chi connectivity index (χ0v) is 29.4. The maximum atomic E-state index is 6.12. The van der Waals surface area contributed by atoms with Gasteiger partial charge in [0, 0.05) is 27.8 Å². The molecule has 54 heavy (non-hydrogen) atoms. The third-order valence-corrected chi connectivity index (χ3v) is 11.0. The zero-order chi connectivity index (χ0) is 35.6. The van der Waals surface area contributed by atoms with Crippen molar-refractivity contribution >= 4 is 82.1 Å². The van der Waals surface area contributed by atoms with Crippen LogP contribution in [0.1, 0.15) is 0 Å². The van der Waals surface area contributed by atoms with E-state index in [0.29, 0.717) is 0 Å². The van der Waals surface area contributed by atoms with Crippen LogP contribution in [-0.4, -0.2) is 0 Å². The zero-order valence-electron chi connectivity index (χ0n) is 29.4. The molecule has 0 aliphatic carbocycles. The SMILES string of the molecule is c1ccc2c(c1)ccc1ccc(N(c3ccc(-c4ccc5oc6ccccc6c5c4)cc3)c3ccc(-c4cccc5c4ccc4ccccc45)cc3)cc12. The summed E-state index contributed by atoms with van der Waals surface area (Å²) < 4.78 is 6.12. The quantitative estimate of drug-likeness (QED) is 0.168. The molecule has 0 spiro atoms.